The Hall–Kier alpha value is -1.72. The number of benzene rings is 1. The van der Waals surface area contributed by atoms with Gasteiger partial charge in [0.25, 0.3) is 0 Å². The molecule has 19 heavy (non-hydrogen) atoms. The molecule has 0 aliphatic heterocycles. The quantitative estimate of drug-likeness (QED) is 0.879. The van der Waals surface area contributed by atoms with Crippen LogP contribution in [0.15, 0.2) is 30.3 Å². The number of thiocarbonyl (C=S) groups is 1. The van der Waals surface area contributed by atoms with Gasteiger partial charge in [0, 0.05) is 17.3 Å². The number of nitrogens with two attached hydrogens (primary N) is 1. The molecule has 3 nitrogen and oxygen atoms in total. The molecule has 98 valence electrons. The highest BCUT2D eigenvalue weighted by molar-refractivity contribution is 7.80. The second kappa shape index (κ2) is 5.50. The number of nitrogens with zero attached hydrogens (tertiary/aromatic N) is 1. The molecule has 2 N–H and O–H groups in total. The molecule has 0 fully saturated rings. The van der Waals surface area contributed by atoms with Crippen molar-refractivity contribution in [2.24, 2.45) is 5.73 Å². The summed E-state index contributed by atoms with van der Waals surface area (Å²) in [6.07, 6.45) is 0. The van der Waals surface area contributed by atoms with Crippen LogP contribution in [-0.4, -0.2) is 9.97 Å². The summed E-state index contributed by atoms with van der Waals surface area (Å²) < 4.78 is 18.4. The summed E-state index contributed by atoms with van der Waals surface area (Å²) in [7, 11) is 0. The molecule has 0 aliphatic rings. The highest BCUT2D eigenvalue weighted by atomic mass is 35.5. The van der Waals surface area contributed by atoms with Gasteiger partial charge in [0.05, 0.1) is 5.02 Å². The molecule has 1 heterocycles. The summed E-state index contributed by atoms with van der Waals surface area (Å²) >= 11 is 10.8. The van der Waals surface area contributed by atoms with Crippen LogP contribution >= 0.6 is 23.8 Å². The van der Waals surface area contributed by atoms with Crippen molar-refractivity contribution in [1.29, 1.82) is 0 Å². The van der Waals surface area contributed by atoms with Crippen LogP contribution in [0.25, 0.3) is 0 Å². The van der Waals surface area contributed by atoms with E-state index >= 15 is 0 Å². The Morgan fingerprint density at radius 1 is 1.37 bits per heavy atom. The predicted molar refractivity (Wildman–Crippen MR) is 76.3 cm³/mol. The summed E-state index contributed by atoms with van der Waals surface area (Å²) in [5, 5.41) is 0.167. The monoisotopic (exact) mass is 296 g/mol. The van der Waals surface area contributed by atoms with Crippen molar-refractivity contribution < 1.29 is 9.13 Å². The van der Waals surface area contributed by atoms with Crippen molar-refractivity contribution >= 4 is 28.8 Å². The van der Waals surface area contributed by atoms with Gasteiger partial charge >= 0.3 is 0 Å². The van der Waals surface area contributed by atoms with E-state index in [0.717, 1.165) is 0 Å². The summed E-state index contributed by atoms with van der Waals surface area (Å²) in [6, 6.07) is 7.21. The molecule has 2 rings (SSSR count). The van der Waals surface area contributed by atoms with Crippen LogP contribution in [0.2, 0.25) is 5.02 Å². The van der Waals surface area contributed by atoms with Crippen molar-refractivity contribution in [2.45, 2.75) is 6.92 Å². The van der Waals surface area contributed by atoms with Crippen LogP contribution in [0, 0.1) is 12.7 Å². The van der Waals surface area contributed by atoms with E-state index in [2.05, 4.69) is 4.98 Å². The first-order valence-corrected chi connectivity index (χ1v) is 6.16. The van der Waals surface area contributed by atoms with Crippen molar-refractivity contribution in [3.63, 3.8) is 0 Å². The summed E-state index contributed by atoms with van der Waals surface area (Å²) in [5.41, 5.74) is 6.92. The fraction of sp³-hybridized carbons (Fsp3) is 0.0769. The minimum Gasteiger partial charge on any atom is -0.437 e. The zero-order valence-electron chi connectivity index (χ0n) is 9.98. The fourth-order valence-electron chi connectivity index (χ4n) is 1.50. The standard InChI is InChI=1S/C13H10ClFN2OS/c1-7-4-8(13(16)19)5-12(17-7)18-11-3-2-9(15)6-10(11)14/h2-6H,1H3,(H2,16,19). The summed E-state index contributed by atoms with van der Waals surface area (Å²) in [6.45, 7) is 1.79. The van der Waals surface area contributed by atoms with E-state index < -0.39 is 5.82 Å². The number of hydrogen-bond donors (Lipinski definition) is 1. The number of hydrogen-bond acceptors (Lipinski definition) is 3. The van der Waals surface area contributed by atoms with Crippen LogP contribution in [0.4, 0.5) is 4.39 Å². The van der Waals surface area contributed by atoms with Crippen molar-refractivity contribution in [3.05, 3.63) is 52.4 Å². The summed E-state index contributed by atoms with van der Waals surface area (Å²) in [5.74, 6) is 0.185. The molecule has 1 aromatic heterocycles. The third-order valence-corrected chi connectivity index (χ3v) is 2.85. The second-order valence-corrected chi connectivity index (χ2v) is 4.72. The van der Waals surface area contributed by atoms with Crippen LogP contribution < -0.4 is 10.5 Å². The van der Waals surface area contributed by atoms with E-state index in [0.29, 0.717) is 22.9 Å². The minimum absolute atomic E-state index is 0.167. The average molecular weight is 297 g/mol. The Labute approximate surface area is 120 Å². The number of halogens is 2. The first kappa shape index (κ1) is 13.7. The van der Waals surface area contributed by atoms with Crippen molar-refractivity contribution in [2.75, 3.05) is 0 Å². The molecular weight excluding hydrogens is 287 g/mol. The smallest absolute Gasteiger partial charge is 0.220 e. The van der Waals surface area contributed by atoms with E-state index in [1.807, 2.05) is 0 Å². The number of aromatic nitrogens is 1. The zero-order chi connectivity index (χ0) is 14.0. The average Bonchev–Trinajstić information content (AvgIpc) is 2.32. The molecule has 1 aromatic carbocycles. The van der Waals surface area contributed by atoms with Gasteiger partial charge in [-0.15, -0.1) is 0 Å². The SMILES string of the molecule is Cc1cc(C(N)=S)cc(Oc2ccc(F)cc2Cl)n1. The van der Waals surface area contributed by atoms with Crippen molar-refractivity contribution in [1.82, 2.24) is 4.98 Å². The molecule has 0 saturated heterocycles. The fourth-order valence-corrected chi connectivity index (χ4v) is 1.83. The van der Waals surface area contributed by atoms with Crippen LogP contribution in [0.3, 0.4) is 0 Å². The Morgan fingerprint density at radius 2 is 2.11 bits per heavy atom. The van der Waals surface area contributed by atoms with E-state index in [1.165, 1.54) is 18.2 Å². The van der Waals surface area contributed by atoms with Gasteiger partial charge in [-0.05, 0) is 31.2 Å². The van der Waals surface area contributed by atoms with Gasteiger partial charge in [-0.2, -0.15) is 0 Å². The third kappa shape index (κ3) is 3.39. The second-order valence-electron chi connectivity index (χ2n) is 3.88. The van der Waals surface area contributed by atoms with Gasteiger partial charge in [0.2, 0.25) is 5.88 Å². The number of aryl methyl sites for hydroxylation is 1. The highest BCUT2D eigenvalue weighted by Gasteiger charge is 2.08. The van der Waals surface area contributed by atoms with E-state index in [4.69, 9.17) is 34.3 Å². The number of pyridine rings is 1. The molecule has 2 aromatic rings. The topological polar surface area (TPSA) is 48.1 Å². The zero-order valence-corrected chi connectivity index (χ0v) is 11.6. The molecule has 0 amide bonds. The lowest BCUT2D eigenvalue weighted by molar-refractivity contribution is 0.460. The van der Waals surface area contributed by atoms with Gasteiger partial charge < -0.3 is 10.5 Å². The molecule has 0 spiro atoms. The lowest BCUT2D eigenvalue weighted by Gasteiger charge is -2.09. The van der Waals surface area contributed by atoms with Gasteiger partial charge in [0.1, 0.15) is 16.6 Å². The molecule has 0 radical (unpaired) electrons. The molecule has 0 unspecified atom stereocenters. The van der Waals surface area contributed by atoms with Crippen LogP contribution in [-0.2, 0) is 0 Å². The van der Waals surface area contributed by atoms with Gasteiger partial charge in [-0.3, -0.25) is 0 Å². The Balaban J connectivity index is 2.35. The van der Waals surface area contributed by atoms with Gasteiger partial charge in [-0.1, -0.05) is 23.8 Å². The third-order valence-electron chi connectivity index (χ3n) is 2.32. The molecular formula is C13H10ClFN2OS. The largest absolute Gasteiger partial charge is 0.437 e. The highest BCUT2D eigenvalue weighted by Crippen LogP contribution is 2.29. The van der Waals surface area contributed by atoms with Crippen LogP contribution in [0.5, 0.6) is 11.6 Å². The van der Waals surface area contributed by atoms with Crippen molar-refractivity contribution in [3.8, 4) is 11.6 Å². The maximum atomic E-state index is 12.9. The first-order chi connectivity index (χ1) is 8.95. The first-order valence-electron chi connectivity index (χ1n) is 5.37. The van der Waals surface area contributed by atoms with E-state index in [9.17, 15) is 4.39 Å². The maximum Gasteiger partial charge on any atom is 0.220 e. The Morgan fingerprint density at radius 3 is 2.74 bits per heavy atom. The molecule has 0 atom stereocenters. The lowest BCUT2D eigenvalue weighted by Crippen LogP contribution is -2.10. The molecule has 0 saturated carbocycles. The molecule has 0 aliphatic carbocycles. The van der Waals surface area contributed by atoms with E-state index in [-0.39, 0.29) is 10.0 Å². The minimum atomic E-state index is -0.432. The molecule has 0 bridgehead atoms. The van der Waals surface area contributed by atoms with Crippen LogP contribution in [0.1, 0.15) is 11.3 Å². The number of rotatable bonds is 3. The predicted octanol–water partition coefficient (Wildman–Crippen LogP) is 3.61. The lowest BCUT2D eigenvalue weighted by atomic mass is 10.2. The van der Waals surface area contributed by atoms with Gasteiger partial charge in [-0.25, -0.2) is 9.37 Å². The maximum absolute atomic E-state index is 12.9. The van der Waals surface area contributed by atoms with E-state index in [1.54, 1.807) is 19.1 Å². The Kier molecular flexibility index (Phi) is 3.97. The van der Waals surface area contributed by atoms with Gasteiger partial charge in [0.15, 0.2) is 0 Å². The molecule has 6 heteroatoms. The summed E-state index contributed by atoms with van der Waals surface area (Å²) in [4.78, 5) is 4.44. The number of ether oxygens (including phenoxy) is 1. The normalized spacial score (nSPS) is 10.3. The Bertz CT molecular complexity index is 649.